The molecule has 2 atom stereocenters. The van der Waals surface area contributed by atoms with Crippen LogP contribution in [-0.4, -0.2) is 5.38 Å². The van der Waals surface area contributed by atoms with Crippen molar-refractivity contribution >= 4 is 27.5 Å². The SMILES string of the molecule is CC1(C)CC1C(Cl)Cc1cccc(Br)c1. The van der Waals surface area contributed by atoms with E-state index in [1.165, 1.54) is 12.0 Å². The molecule has 2 rings (SSSR count). The summed E-state index contributed by atoms with van der Waals surface area (Å²) in [4.78, 5) is 0. The maximum Gasteiger partial charge on any atom is 0.0409 e. The Bertz CT molecular complexity index is 359. The molecule has 82 valence electrons. The van der Waals surface area contributed by atoms with E-state index < -0.39 is 0 Å². The summed E-state index contributed by atoms with van der Waals surface area (Å²) in [6.45, 7) is 4.60. The van der Waals surface area contributed by atoms with Gasteiger partial charge in [-0.05, 0) is 41.9 Å². The summed E-state index contributed by atoms with van der Waals surface area (Å²) in [5.41, 5.74) is 1.80. The van der Waals surface area contributed by atoms with Crippen LogP contribution in [0, 0.1) is 11.3 Å². The first kappa shape index (κ1) is 11.5. The van der Waals surface area contributed by atoms with Crippen LogP contribution in [0.5, 0.6) is 0 Å². The number of rotatable bonds is 3. The molecule has 2 unspecified atom stereocenters. The van der Waals surface area contributed by atoms with E-state index in [1.54, 1.807) is 0 Å². The summed E-state index contributed by atoms with van der Waals surface area (Å²) in [6.07, 6.45) is 2.25. The van der Waals surface area contributed by atoms with Crippen molar-refractivity contribution in [2.75, 3.05) is 0 Å². The lowest BCUT2D eigenvalue weighted by Gasteiger charge is -2.11. The van der Waals surface area contributed by atoms with Crippen molar-refractivity contribution in [3.05, 3.63) is 34.3 Å². The average Bonchev–Trinajstić information content (AvgIpc) is 2.75. The van der Waals surface area contributed by atoms with Crippen LogP contribution in [-0.2, 0) is 6.42 Å². The maximum atomic E-state index is 6.43. The summed E-state index contributed by atoms with van der Waals surface area (Å²) < 4.78 is 1.14. The lowest BCUT2D eigenvalue weighted by Crippen LogP contribution is -2.09. The van der Waals surface area contributed by atoms with Gasteiger partial charge in [0.1, 0.15) is 0 Å². The van der Waals surface area contributed by atoms with Crippen molar-refractivity contribution in [3.8, 4) is 0 Å². The molecule has 0 radical (unpaired) electrons. The fourth-order valence-electron chi connectivity index (χ4n) is 2.16. The Labute approximate surface area is 105 Å². The molecule has 2 heteroatoms. The van der Waals surface area contributed by atoms with Crippen LogP contribution in [0.2, 0.25) is 0 Å². The van der Waals surface area contributed by atoms with Crippen LogP contribution in [0.15, 0.2) is 28.7 Å². The molecule has 0 heterocycles. The zero-order valence-electron chi connectivity index (χ0n) is 9.13. The second-order valence-electron chi connectivity index (χ2n) is 5.15. The highest BCUT2D eigenvalue weighted by Gasteiger charge is 2.49. The zero-order valence-corrected chi connectivity index (χ0v) is 11.5. The number of hydrogen-bond donors (Lipinski definition) is 0. The van der Waals surface area contributed by atoms with E-state index in [2.05, 4.69) is 48.0 Å². The first-order valence-corrected chi connectivity index (χ1v) is 6.60. The molecule has 0 N–H and O–H groups in total. The number of halogens is 2. The molecule has 0 nitrogen and oxygen atoms in total. The molecule has 1 aromatic carbocycles. The molecule has 0 bridgehead atoms. The fourth-order valence-corrected chi connectivity index (χ4v) is 3.21. The molecule has 15 heavy (non-hydrogen) atoms. The summed E-state index contributed by atoms with van der Waals surface area (Å²) >= 11 is 9.92. The largest absolute Gasteiger partial charge is 0.122 e. The van der Waals surface area contributed by atoms with E-state index in [4.69, 9.17) is 11.6 Å². The van der Waals surface area contributed by atoms with Gasteiger partial charge >= 0.3 is 0 Å². The van der Waals surface area contributed by atoms with E-state index >= 15 is 0 Å². The molecule has 1 aromatic rings. The average molecular weight is 288 g/mol. The minimum absolute atomic E-state index is 0.286. The van der Waals surface area contributed by atoms with E-state index in [9.17, 15) is 0 Å². The van der Waals surface area contributed by atoms with Gasteiger partial charge in [-0.3, -0.25) is 0 Å². The van der Waals surface area contributed by atoms with Gasteiger partial charge in [0.15, 0.2) is 0 Å². The Morgan fingerprint density at radius 2 is 2.20 bits per heavy atom. The van der Waals surface area contributed by atoms with Crippen molar-refractivity contribution in [2.45, 2.75) is 32.1 Å². The molecule has 0 aliphatic heterocycles. The first-order chi connectivity index (χ1) is 6.99. The van der Waals surface area contributed by atoms with E-state index in [0.29, 0.717) is 11.3 Å². The van der Waals surface area contributed by atoms with Crippen molar-refractivity contribution in [1.29, 1.82) is 0 Å². The summed E-state index contributed by atoms with van der Waals surface area (Å²) in [7, 11) is 0. The van der Waals surface area contributed by atoms with Crippen LogP contribution in [0.1, 0.15) is 25.8 Å². The molecule has 0 spiro atoms. The summed E-state index contributed by atoms with van der Waals surface area (Å²) in [5.74, 6) is 0.693. The molecular weight excluding hydrogens is 272 g/mol. The third-order valence-electron chi connectivity index (χ3n) is 3.35. The van der Waals surface area contributed by atoms with Gasteiger partial charge in [-0.25, -0.2) is 0 Å². The normalized spacial score (nSPS) is 24.9. The Balaban J connectivity index is 1.98. The van der Waals surface area contributed by atoms with Gasteiger partial charge in [0.2, 0.25) is 0 Å². The van der Waals surface area contributed by atoms with Gasteiger partial charge in [-0.15, -0.1) is 11.6 Å². The molecule has 1 aliphatic rings. The number of benzene rings is 1. The summed E-state index contributed by atoms with van der Waals surface area (Å²) in [5, 5.41) is 0.286. The van der Waals surface area contributed by atoms with E-state index in [1.807, 2.05) is 6.07 Å². The fraction of sp³-hybridized carbons (Fsp3) is 0.538. The highest BCUT2D eigenvalue weighted by molar-refractivity contribution is 9.10. The predicted molar refractivity (Wildman–Crippen MR) is 69.4 cm³/mol. The topological polar surface area (TPSA) is 0 Å². The highest BCUT2D eigenvalue weighted by atomic mass is 79.9. The van der Waals surface area contributed by atoms with Gasteiger partial charge in [-0.1, -0.05) is 41.9 Å². The minimum Gasteiger partial charge on any atom is -0.122 e. The van der Waals surface area contributed by atoms with Crippen LogP contribution < -0.4 is 0 Å². The van der Waals surface area contributed by atoms with Crippen molar-refractivity contribution < 1.29 is 0 Å². The van der Waals surface area contributed by atoms with Gasteiger partial charge in [0, 0.05) is 9.85 Å². The second-order valence-corrected chi connectivity index (χ2v) is 6.63. The molecule has 0 aromatic heterocycles. The van der Waals surface area contributed by atoms with Gasteiger partial charge in [0.05, 0.1) is 0 Å². The monoisotopic (exact) mass is 286 g/mol. The van der Waals surface area contributed by atoms with Crippen LogP contribution in [0.4, 0.5) is 0 Å². The number of alkyl halides is 1. The lowest BCUT2D eigenvalue weighted by atomic mass is 10.0. The van der Waals surface area contributed by atoms with Gasteiger partial charge in [-0.2, -0.15) is 0 Å². The van der Waals surface area contributed by atoms with Crippen LogP contribution in [0.25, 0.3) is 0 Å². The molecule has 1 aliphatic carbocycles. The van der Waals surface area contributed by atoms with Crippen molar-refractivity contribution in [3.63, 3.8) is 0 Å². The molecular formula is C13H16BrCl. The molecule has 1 fully saturated rings. The zero-order chi connectivity index (χ0) is 11.1. The minimum atomic E-state index is 0.286. The third kappa shape index (κ3) is 2.76. The maximum absolute atomic E-state index is 6.43. The lowest BCUT2D eigenvalue weighted by molar-refractivity contribution is 0.538. The second kappa shape index (κ2) is 4.10. The first-order valence-electron chi connectivity index (χ1n) is 5.37. The van der Waals surface area contributed by atoms with Gasteiger partial charge < -0.3 is 0 Å². The molecule has 1 saturated carbocycles. The van der Waals surface area contributed by atoms with Crippen molar-refractivity contribution in [2.24, 2.45) is 11.3 Å². The highest BCUT2D eigenvalue weighted by Crippen LogP contribution is 2.55. The van der Waals surface area contributed by atoms with Crippen molar-refractivity contribution in [1.82, 2.24) is 0 Å². The quantitative estimate of drug-likeness (QED) is 0.710. The third-order valence-corrected chi connectivity index (χ3v) is 4.30. The van der Waals surface area contributed by atoms with E-state index in [0.717, 1.165) is 10.9 Å². The molecule has 0 amide bonds. The Hall–Kier alpha value is -0.0100. The smallest absolute Gasteiger partial charge is 0.0409 e. The van der Waals surface area contributed by atoms with Gasteiger partial charge in [0.25, 0.3) is 0 Å². The number of hydrogen-bond acceptors (Lipinski definition) is 0. The van der Waals surface area contributed by atoms with E-state index in [-0.39, 0.29) is 5.38 Å². The summed E-state index contributed by atoms with van der Waals surface area (Å²) in [6, 6.07) is 8.43. The Kier molecular flexibility index (Phi) is 3.14. The van der Waals surface area contributed by atoms with Crippen LogP contribution in [0.3, 0.4) is 0 Å². The Morgan fingerprint density at radius 3 is 2.73 bits per heavy atom. The Morgan fingerprint density at radius 1 is 1.53 bits per heavy atom. The molecule has 0 saturated heterocycles. The standard InChI is InChI=1S/C13H16BrCl/c1-13(2)8-11(13)12(15)7-9-4-3-5-10(14)6-9/h3-6,11-12H,7-8H2,1-2H3. The van der Waals surface area contributed by atoms with Crippen LogP contribution >= 0.6 is 27.5 Å². The predicted octanol–water partition coefficient (Wildman–Crippen LogP) is 4.65.